The Bertz CT molecular complexity index is 930. The topological polar surface area (TPSA) is 63.4 Å². The van der Waals surface area contributed by atoms with E-state index in [9.17, 15) is 9.59 Å². The molecular weight excluding hydrogens is 324 g/mol. The molecule has 4 nitrogen and oxygen atoms in total. The maximum Gasteiger partial charge on any atom is 0.272 e. The van der Waals surface area contributed by atoms with Gasteiger partial charge in [-0.1, -0.05) is 67.3 Å². The smallest absolute Gasteiger partial charge is 0.272 e. The lowest BCUT2D eigenvalue weighted by Crippen LogP contribution is -2.37. The van der Waals surface area contributed by atoms with E-state index in [0.717, 1.165) is 10.6 Å². The van der Waals surface area contributed by atoms with Crippen molar-refractivity contribution < 1.29 is 9.59 Å². The summed E-state index contributed by atoms with van der Waals surface area (Å²) in [5.41, 5.74) is 3.05. The van der Waals surface area contributed by atoms with E-state index in [1.165, 1.54) is 0 Å². The van der Waals surface area contributed by atoms with Gasteiger partial charge in [-0.05, 0) is 29.8 Å². The van der Waals surface area contributed by atoms with Crippen LogP contribution in [-0.2, 0) is 0 Å². The average molecular weight is 342 g/mol. The molecule has 0 aliphatic heterocycles. The molecule has 3 rings (SSSR count). The van der Waals surface area contributed by atoms with Crippen LogP contribution in [0.4, 0.5) is 5.69 Å². The molecule has 0 saturated heterocycles. The highest BCUT2D eigenvalue weighted by molar-refractivity contribution is 6.10. The van der Waals surface area contributed by atoms with Gasteiger partial charge in [0.15, 0.2) is 5.78 Å². The summed E-state index contributed by atoms with van der Waals surface area (Å²) < 4.78 is 0. The van der Waals surface area contributed by atoms with Crippen molar-refractivity contribution in [2.24, 2.45) is 5.84 Å². The fourth-order valence-electron chi connectivity index (χ4n) is 2.55. The molecule has 1 amide bonds. The predicted molar refractivity (Wildman–Crippen MR) is 104 cm³/mol. The second-order valence-electron chi connectivity index (χ2n) is 5.74. The van der Waals surface area contributed by atoms with Gasteiger partial charge in [-0.3, -0.25) is 9.59 Å². The van der Waals surface area contributed by atoms with Gasteiger partial charge < -0.3 is 0 Å². The largest absolute Gasteiger partial charge is 0.289 e. The van der Waals surface area contributed by atoms with Crippen molar-refractivity contribution in [3.63, 3.8) is 0 Å². The minimum absolute atomic E-state index is 0.0887. The lowest BCUT2D eigenvalue weighted by molar-refractivity contribution is 0.0984. The van der Waals surface area contributed by atoms with Crippen molar-refractivity contribution >= 4 is 23.5 Å². The van der Waals surface area contributed by atoms with Gasteiger partial charge in [-0.15, -0.1) is 0 Å². The summed E-state index contributed by atoms with van der Waals surface area (Å²) >= 11 is 0. The molecule has 4 heteroatoms. The maximum atomic E-state index is 12.5. The Balaban J connectivity index is 1.77. The van der Waals surface area contributed by atoms with E-state index in [2.05, 4.69) is 6.58 Å². The van der Waals surface area contributed by atoms with Crippen molar-refractivity contribution in [3.05, 3.63) is 108 Å². The number of benzene rings is 3. The summed E-state index contributed by atoms with van der Waals surface area (Å²) in [7, 11) is 0. The van der Waals surface area contributed by atoms with E-state index in [-0.39, 0.29) is 11.7 Å². The Hall–Kier alpha value is -3.50. The van der Waals surface area contributed by atoms with Crippen LogP contribution in [0.5, 0.6) is 0 Å². The van der Waals surface area contributed by atoms with Crippen LogP contribution in [-0.4, -0.2) is 11.7 Å². The summed E-state index contributed by atoms with van der Waals surface area (Å²) in [4.78, 5) is 25.0. The molecule has 0 bridgehead atoms. The maximum absolute atomic E-state index is 12.5. The number of amides is 1. The Morgan fingerprint density at radius 3 is 1.88 bits per heavy atom. The molecular formula is C22H18N2O2. The van der Waals surface area contributed by atoms with Crippen molar-refractivity contribution in [1.29, 1.82) is 0 Å². The summed E-state index contributed by atoms with van der Waals surface area (Å²) in [5, 5.41) is 1.08. The predicted octanol–water partition coefficient (Wildman–Crippen LogP) is 4.08. The standard InChI is InChI=1S/C22H18N2O2/c1-2-16-8-14-20(15-9-16)24(23)22(26)19-12-10-18(11-13-19)21(25)17-6-4-3-5-7-17/h2-15H,1,23H2. The average Bonchev–Trinajstić information content (AvgIpc) is 2.73. The number of hydrogen-bond acceptors (Lipinski definition) is 3. The fourth-order valence-corrected chi connectivity index (χ4v) is 2.55. The molecule has 0 heterocycles. The van der Waals surface area contributed by atoms with E-state index in [1.54, 1.807) is 54.6 Å². The molecule has 3 aromatic rings. The van der Waals surface area contributed by atoms with Crippen molar-refractivity contribution in [2.45, 2.75) is 0 Å². The van der Waals surface area contributed by atoms with Crippen LogP contribution in [0.2, 0.25) is 0 Å². The summed E-state index contributed by atoms with van der Waals surface area (Å²) in [6, 6.07) is 22.7. The monoisotopic (exact) mass is 342 g/mol. The van der Waals surface area contributed by atoms with E-state index >= 15 is 0 Å². The quantitative estimate of drug-likeness (QED) is 0.329. The molecule has 0 fully saturated rings. The van der Waals surface area contributed by atoms with Crippen molar-refractivity contribution in [2.75, 3.05) is 5.01 Å². The van der Waals surface area contributed by atoms with Crippen LogP contribution in [0.25, 0.3) is 6.08 Å². The molecule has 0 saturated carbocycles. The first-order valence-electron chi connectivity index (χ1n) is 8.11. The van der Waals surface area contributed by atoms with Gasteiger partial charge in [0.25, 0.3) is 5.91 Å². The van der Waals surface area contributed by atoms with Crippen LogP contribution in [0.1, 0.15) is 31.8 Å². The van der Waals surface area contributed by atoms with Gasteiger partial charge in [0.1, 0.15) is 0 Å². The number of anilines is 1. The molecule has 0 radical (unpaired) electrons. The molecule has 0 aliphatic rings. The molecule has 0 aliphatic carbocycles. The number of hydrazine groups is 1. The van der Waals surface area contributed by atoms with Crippen LogP contribution in [0, 0.1) is 0 Å². The van der Waals surface area contributed by atoms with Crippen LogP contribution in [0.15, 0.2) is 85.4 Å². The first kappa shape index (κ1) is 17.3. The highest BCUT2D eigenvalue weighted by Crippen LogP contribution is 2.17. The fraction of sp³-hybridized carbons (Fsp3) is 0. The van der Waals surface area contributed by atoms with Crippen LogP contribution < -0.4 is 10.9 Å². The molecule has 0 atom stereocenters. The number of ketones is 1. The highest BCUT2D eigenvalue weighted by Gasteiger charge is 2.15. The van der Waals surface area contributed by atoms with Gasteiger partial charge in [0.2, 0.25) is 0 Å². The molecule has 0 unspecified atom stereocenters. The second kappa shape index (κ2) is 7.59. The Morgan fingerprint density at radius 2 is 1.31 bits per heavy atom. The minimum Gasteiger partial charge on any atom is -0.289 e. The molecule has 0 aromatic heterocycles. The zero-order valence-corrected chi connectivity index (χ0v) is 14.1. The highest BCUT2D eigenvalue weighted by atomic mass is 16.2. The number of carbonyl (C=O) groups excluding carboxylic acids is 2. The first-order chi connectivity index (χ1) is 12.6. The van der Waals surface area contributed by atoms with Gasteiger partial charge in [0, 0.05) is 16.7 Å². The first-order valence-corrected chi connectivity index (χ1v) is 8.11. The SMILES string of the molecule is C=Cc1ccc(N(N)C(=O)c2ccc(C(=O)c3ccccc3)cc2)cc1. The summed E-state index contributed by atoms with van der Waals surface area (Å²) in [6.45, 7) is 3.69. The third-order valence-corrected chi connectivity index (χ3v) is 4.06. The van der Waals surface area contributed by atoms with E-state index in [0.29, 0.717) is 22.4 Å². The molecule has 3 aromatic carbocycles. The zero-order chi connectivity index (χ0) is 18.5. The van der Waals surface area contributed by atoms with E-state index in [1.807, 2.05) is 30.3 Å². The number of hydrogen-bond donors (Lipinski definition) is 1. The second-order valence-corrected chi connectivity index (χ2v) is 5.74. The Kier molecular flexibility index (Phi) is 5.06. The number of rotatable bonds is 5. The van der Waals surface area contributed by atoms with Gasteiger partial charge >= 0.3 is 0 Å². The molecule has 128 valence electrons. The lowest BCUT2D eigenvalue weighted by atomic mass is 10.0. The number of carbonyl (C=O) groups is 2. The number of nitrogens with two attached hydrogens (primary N) is 1. The minimum atomic E-state index is -0.352. The van der Waals surface area contributed by atoms with Gasteiger partial charge in [0.05, 0.1) is 5.69 Å². The molecule has 0 spiro atoms. The van der Waals surface area contributed by atoms with Gasteiger partial charge in [-0.25, -0.2) is 10.9 Å². The van der Waals surface area contributed by atoms with Crippen molar-refractivity contribution in [3.8, 4) is 0 Å². The lowest BCUT2D eigenvalue weighted by Gasteiger charge is -2.17. The molecule has 2 N–H and O–H groups in total. The zero-order valence-electron chi connectivity index (χ0n) is 14.1. The number of nitrogens with zero attached hydrogens (tertiary/aromatic N) is 1. The van der Waals surface area contributed by atoms with Crippen LogP contribution in [0.3, 0.4) is 0 Å². The third-order valence-electron chi connectivity index (χ3n) is 4.06. The van der Waals surface area contributed by atoms with Gasteiger partial charge in [-0.2, -0.15) is 0 Å². The third kappa shape index (κ3) is 3.61. The molecule has 26 heavy (non-hydrogen) atoms. The van der Waals surface area contributed by atoms with E-state index < -0.39 is 0 Å². The normalized spacial score (nSPS) is 10.2. The Labute approximate surface area is 152 Å². The van der Waals surface area contributed by atoms with E-state index in [4.69, 9.17) is 5.84 Å². The Morgan fingerprint density at radius 1 is 0.769 bits per heavy atom. The van der Waals surface area contributed by atoms with Crippen molar-refractivity contribution in [1.82, 2.24) is 0 Å². The summed E-state index contributed by atoms with van der Waals surface area (Å²) in [5.74, 6) is 5.50. The van der Waals surface area contributed by atoms with Crippen LogP contribution >= 0.6 is 0 Å². The summed E-state index contributed by atoms with van der Waals surface area (Å²) in [6.07, 6.45) is 1.72.